The molecule has 4 rings (SSSR count). The minimum atomic E-state index is -0.838. The summed E-state index contributed by atoms with van der Waals surface area (Å²) in [5, 5.41) is 5.67. The lowest BCUT2D eigenvalue weighted by molar-refractivity contribution is -0.139. The fourth-order valence-electron chi connectivity index (χ4n) is 5.25. The van der Waals surface area contributed by atoms with Crippen molar-refractivity contribution in [2.75, 3.05) is 25.0 Å². The van der Waals surface area contributed by atoms with Crippen LogP contribution in [0.15, 0.2) is 54.6 Å². The normalized spacial score (nSPS) is 18.5. The molecule has 2 fully saturated rings. The average molecular weight is 567 g/mol. The topological polar surface area (TPSA) is 108 Å². The van der Waals surface area contributed by atoms with Crippen LogP contribution in [0.4, 0.5) is 14.9 Å². The van der Waals surface area contributed by atoms with Crippen LogP contribution < -0.4 is 10.6 Å². The molecule has 10 heteroatoms. The van der Waals surface area contributed by atoms with E-state index in [2.05, 4.69) is 10.6 Å². The Morgan fingerprint density at radius 3 is 2.24 bits per heavy atom. The van der Waals surface area contributed by atoms with Gasteiger partial charge < -0.3 is 20.3 Å². The van der Waals surface area contributed by atoms with Gasteiger partial charge in [0.25, 0.3) is 0 Å². The van der Waals surface area contributed by atoms with Gasteiger partial charge in [-0.15, -0.1) is 0 Å². The monoisotopic (exact) mass is 566 g/mol. The van der Waals surface area contributed by atoms with Crippen molar-refractivity contribution in [2.45, 2.75) is 70.6 Å². The molecule has 0 saturated carbocycles. The Morgan fingerprint density at radius 2 is 1.61 bits per heavy atom. The highest BCUT2D eigenvalue weighted by Crippen LogP contribution is 2.25. The van der Waals surface area contributed by atoms with E-state index >= 15 is 0 Å². The number of anilines is 1. The van der Waals surface area contributed by atoms with Crippen LogP contribution in [-0.4, -0.2) is 70.9 Å². The van der Waals surface area contributed by atoms with Gasteiger partial charge in [0.1, 0.15) is 23.5 Å². The van der Waals surface area contributed by atoms with Gasteiger partial charge in [0, 0.05) is 37.7 Å². The van der Waals surface area contributed by atoms with Gasteiger partial charge in [0.15, 0.2) is 0 Å². The van der Waals surface area contributed by atoms with E-state index in [0.29, 0.717) is 51.0 Å². The maximum Gasteiger partial charge on any atom is 0.410 e. The molecule has 2 aliphatic heterocycles. The van der Waals surface area contributed by atoms with E-state index in [1.54, 1.807) is 25.7 Å². The maximum atomic E-state index is 13.3. The Morgan fingerprint density at radius 1 is 0.951 bits per heavy atom. The van der Waals surface area contributed by atoms with Crippen molar-refractivity contribution in [1.82, 2.24) is 15.1 Å². The number of piperidine rings is 1. The van der Waals surface area contributed by atoms with Crippen molar-refractivity contribution in [3.63, 3.8) is 0 Å². The van der Waals surface area contributed by atoms with Crippen molar-refractivity contribution in [1.29, 1.82) is 0 Å². The highest BCUT2D eigenvalue weighted by atomic mass is 19.1. The average Bonchev–Trinajstić information content (AvgIpc) is 3.44. The smallest absolute Gasteiger partial charge is 0.410 e. The number of rotatable bonds is 7. The fraction of sp³-hybridized carbons (Fsp3) is 0.484. The fourth-order valence-corrected chi connectivity index (χ4v) is 5.25. The van der Waals surface area contributed by atoms with Gasteiger partial charge in [-0.2, -0.15) is 0 Å². The van der Waals surface area contributed by atoms with Crippen LogP contribution in [0, 0.1) is 11.7 Å². The second-order valence-electron chi connectivity index (χ2n) is 11.7. The number of likely N-dealkylation sites (tertiary alicyclic amines) is 2. The zero-order valence-electron chi connectivity index (χ0n) is 23.9. The van der Waals surface area contributed by atoms with Gasteiger partial charge in [-0.1, -0.05) is 30.3 Å². The molecule has 2 heterocycles. The number of nitrogens with zero attached hydrogens (tertiary/aromatic N) is 2. The van der Waals surface area contributed by atoms with Gasteiger partial charge in [-0.05, 0) is 76.3 Å². The lowest BCUT2D eigenvalue weighted by Gasteiger charge is -2.35. The molecule has 4 amide bonds. The highest BCUT2D eigenvalue weighted by molar-refractivity contribution is 5.97. The predicted molar refractivity (Wildman–Crippen MR) is 152 cm³/mol. The van der Waals surface area contributed by atoms with Crippen molar-refractivity contribution in [3.8, 4) is 0 Å². The molecule has 2 aliphatic rings. The zero-order chi connectivity index (χ0) is 29.6. The molecule has 0 aromatic heterocycles. The van der Waals surface area contributed by atoms with E-state index < -0.39 is 35.5 Å². The summed E-state index contributed by atoms with van der Waals surface area (Å²) >= 11 is 0. The molecule has 0 bridgehead atoms. The standard InChI is InChI=1S/C31H39FN4O5/c1-31(2,3)41-30(40)36-17-7-10-26(36)29(39)35-18-15-22(16-19-35)27(37)34-25(20-21-8-5-4-6-9-21)28(38)33-24-13-11-23(32)12-14-24/h4-6,8-9,11-14,22,25-26H,7,10,15-20H2,1-3H3,(H,33,38)(H,34,37)/t25-,26-/m0/s1. The molecule has 41 heavy (non-hydrogen) atoms. The Hall–Kier alpha value is -3.95. The summed E-state index contributed by atoms with van der Waals surface area (Å²) in [5.41, 5.74) is 0.675. The van der Waals surface area contributed by atoms with Crippen LogP contribution in [0.25, 0.3) is 0 Å². The third kappa shape index (κ3) is 8.28. The third-order valence-corrected chi connectivity index (χ3v) is 7.37. The molecule has 2 N–H and O–H groups in total. The van der Waals surface area contributed by atoms with Crippen molar-refractivity contribution >= 4 is 29.5 Å². The van der Waals surface area contributed by atoms with Crippen LogP contribution in [0.2, 0.25) is 0 Å². The number of carbonyl (C=O) groups is 4. The SMILES string of the molecule is CC(C)(C)OC(=O)N1CCC[C@H]1C(=O)N1CCC(C(=O)N[C@@H](Cc2ccccc2)C(=O)Nc2ccc(F)cc2)CC1. The van der Waals surface area contributed by atoms with Gasteiger partial charge in [0.2, 0.25) is 17.7 Å². The van der Waals surface area contributed by atoms with Gasteiger partial charge in [-0.3, -0.25) is 19.3 Å². The maximum absolute atomic E-state index is 13.3. The summed E-state index contributed by atoms with van der Waals surface area (Å²) in [6.07, 6.45) is 2.04. The number of halogens is 1. The van der Waals surface area contributed by atoms with E-state index in [0.717, 1.165) is 12.0 Å². The Balaban J connectivity index is 1.35. The van der Waals surface area contributed by atoms with Gasteiger partial charge in [-0.25, -0.2) is 9.18 Å². The van der Waals surface area contributed by atoms with E-state index in [1.807, 2.05) is 30.3 Å². The largest absolute Gasteiger partial charge is 0.444 e. The molecular weight excluding hydrogens is 527 g/mol. The first-order chi connectivity index (χ1) is 19.5. The molecule has 0 unspecified atom stereocenters. The second kappa shape index (κ2) is 13.1. The molecule has 2 aromatic carbocycles. The van der Waals surface area contributed by atoms with Crippen LogP contribution in [0.3, 0.4) is 0 Å². The minimum Gasteiger partial charge on any atom is -0.444 e. The number of nitrogens with one attached hydrogen (secondary N) is 2. The van der Waals surface area contributed by atoms with Crippen molar-refractivity contribution in [3.05, 3.63) is 66.0 Å². The van der Waals surface area contributed by atoms with E-state index in [4.69, 9.17) is 4.74 Å². The van der Waals surface area contributed by atoms with Gasteiger partial charge >= 0.3 is 6.09 Å². The number of carbonyl (C=O) groups excluding carboxylic acids is 4. The molecule has 2 atom stereocenters. The summed E-state index contributed by atoms with van der Waals surface area (Å²) in [6.45, 7) is 6.65. The van der Waals surface area contributed by atoms with Crippen molar-refractivity contribution in [2.24, 2.45) is 5.92 Å². The van der Waals surface area contributed by atoms with Gasteiger partial charge in [0.05, 0.1) is 0 Å². The Kier molecular flexibility index (Phi) is 9.62. The number of benzene rings is 2. The first-order valence-corrected chi connectivity index (χ1v) is 14.2. The zero-order valence-corrected chi connectivity index (χ0v) is 23.9. The minimum absolute atomic E-state index is 0.118. The van der Waals surface area contributed by atoms with Crippen LogP contribution in [0.5, 0.6) is 0 Å². The summed E-state index contributed by atoms with van der Waals surface area (Å²) in [4.78, 5) is 55.7. The second-order valence-corrected chi connectivity index (χ2v) is 11.7. The van der Waals surface area contributed by atoms with Crippen LogP contribution in [0.1, 0.15) is 52.0 Å². The number of hydrogen-bond acceptors (Lipinski definition) is 5. The van der Waals surface area contributed by atoms with Crippen molar-refractivity contribution < 1.29 is 28.3 Å². The quantitative estimate of drug-likeness (QED) is 0.524. The summed E-state index contributed by atoms with van der Waals surface area (Å²) in [5.74, 6) is -1.53. The lowest BCUT2D eigenvalue weighted by Crippen LogP contribution is -2.53. The first-order valence-electron chi connectivity index (χ1n) is 14.2. The Labute approximate surface area is 240 Å². The Bertz CT molecular complexity index is 1220. The van der Waals surface area contributed by atoms with Crippen LogP contribution >= 0.6 is 0 Å². The summed E-state index contributed by atoms with van der Waals surface area (Å²) < 4.78 is 18.8. The van der Waals surface area contributed by atoms with E-state index in [9.17, 15) is 23.6 Å². The molecule has 0 aliphatic carbocycles. The molecular formula is C31H39FN4O5. The predicted octanol–water partition coefficient (Wildman–Crippen LogP) is 4.13. The molecule has 2 aromatic rings. The van der Waals surface area contributed by atoms with E-state index in [1.165, 1.54) is 29.2 Å². The molecule has 220 valence electrons. The first kappa shape index (κ1) is 30.0. The van der Waals surface area contributed by atoms with Crippen LogP contribution in [-0.2, 0) is 25.5 Å². The number of amides is 4. The lowest BCUT2D eigenvalue weighted by atomic mass is 9.94. The molecule has 0 radical (unpaired) electrons. The number of hydrogen-bond donors (Lipinski definition) is 2. The molecule has 0 spiro atoms. The molecule has 2 saturated heterocycles. The molecule has 9 nitrogen and oxygen atoms in total. The number of ether oxygens (including phenoxy) is 1. The van der Waals surface area contributed by atoms with E-state index in [-0.39, 0.29) is 17.7 Å². The summed E-state index contributed by atoms with van der Waals surface area (Å²) in [6, 6.07) is 13.4. The highest BCUT2D eigenvalue weighted by Gasteiger charge is 2.40. The third-order valence-electron chi connectivity index (χ3n) is 7.37. The summed E-state index contributed by atoms with van der Waals surface area (Å²) in [7, 11) is 0.